The van der Waals surface area contributed by atoms with Crippen molar-refractivity contribution in [3.05, 3.63) is 58.3 Å². The van der Waals surface area contributed by atoms with Crippen molar-refractivity contribution in [1.29, 1.82) is 0 Å². The number of hydrogen-bond donors (Lipinski definition) is 1. The Morgan fingerprint density at radius 1 is 1.13 bits per heavy atom. The summed E-state index contributed by atoms with van der Waals surface area (Å²) in [4.78, 5) is 31.6. The third kappa shape index (κ3) is 3.37. The average Bonchev–Trinajstić information content (AvgIpc) is 2.96. The van der Waals surface area contributed by atoms with Crippen LogP contribution in [0.3, 0.4) is 0 Å². The number of hydrogen-bond acceptors (Lipinski definition) is 3. The Kier molecular flexibility index (Phi) is 4.62. The lowest BCUT2D eigenvalue weighted by atomic mass is 10.2. The Hall–Kier alpha value is -2.34. The van der Waals surface area contributed by atoms with E-state index in [2.05, 4.69) is 16.8 Å². The monoisotopic (exact) mass is 314 g/mol. The van der Waals surface area contributed by atoms with Crippen LogP contribution in [0.2, 0.25) is 0 Å². The molecular formula is C17H22N4O2. The van der Waals surface area contributed by atoms with Crippen molar-refractivity contribution in [3.8, 4) is 0 Å². The summed E-state index contributed by atoms with van der Waals surface area (Å²) in [6, 6.07) is 9.70. The number of carbonyl (C=O) groups excluding carboxylic acids is 1. The van der Waals surface area contributed by atoms with Crippen LogP contribution in [-0.4, -0.2) is 58.0 Å². The molecule has 1 aromatic heterocycles. The van der Waals surface area contributed by atoms with E-state index in [-0.39, 0.29) is 11.6 Å². The quantitative estimate of drug-likeness (QED) is 0.916. The van der Waals surface area contributed by atoms with Crippen LogP contribution in [-0.2, 0) is 6.54 Å². The second kappa shape index (κ2) is 6.83. The summed E-state index contributed by atoms with van der Waals surface area (Å²) in [5, 5.41) is 0. The molecule has 0 radical (unpaired) electrons. The van der Waals surface area contributed by atoms with E-state index in [1.165, 1.54) is 10.8 Å². The fraction of sp³-hybridized carbons (Fsp3) is 0.412. The zero-order valence-electron chi connectivity index (χ0n) is 13.4. The maximum atomic E-state index is 12.7. The van der Waals surface area contributed by atoms with E-state index in [4.69, 9.17) is 0 Å². The van der Waals surface area contributed by atoms with Crippen LogP contribution in [0.1, 0.15) is 23.0 Å². The number of nitrogens with one attached hydrogen (secondary N) is 1. The smallest absolute Gasteiger partial charge is 0.326 e. The second-order valence-electron chi connectivity index (χ2n) is 5.78. The van der Waals surface area contributed by atoms with Gasteiger partial charge in [0.15, 0.2) is 0 Å². The number of carbonyl (C=O) groups is 1. The number of imidazole rings is 1. The van der Waals surface area contributed by atoms with Crippen molar-refractivity contribution in [3.63, 3.8) is 0 Å². The number of aromatic amines is 1. The van der Waals surface area contributed by atoms with E-state index < -0.39 is 0 Å². The Morgan fingerprint density at radius 2 is 1.83 bits per heavy atom. The highest BCUT2D eigenvalue weighted by Crippen LogP contribution is 2.09. The summed E-state index contributed by atoms with van der Waals surface area (Å²) in [5.41, 5.74) is 1.19. The predicted molar refractivity (Wildman–Crippen MR) is 88.6 cm³/mol. The maximum Gasteiger partial charge on any atom is 0.326 e. The third-order valence-electron chi connectivity index (χ3n) is 4.38. The van der Waals surface area contributed by atoms with Crippen molar-refractivity contribution in [2.24, 2.45) is 0 Å². The van der Waals surface area contributed by atoms with Gasteiger partial charge in [0.1, 0.15) is 5.69 Å². The largest absolute Gasteiger partial charge is 0.335 e. The topological polar surface area (TPSA) is 61.3 Å². The summed E-state index contributed by atoms with van der Waals surface area (Å²) in [5.74, 6) is -0.0740. The lowest BCUT2D eigenvalue weighted by Gasteiger charge is -2.34. The molecule has 6 nitrogen and oxygen atoms in total. The molecule has 0 atom stereocenters. The van der Waals surface area contributed by atoms with Crippen molar-refractivity contribution < 1.29 is 4.79 Å². The molecule has 122 valence electrons. The zero-order valence-corrected chi connectivity index (χ0v) is 13.4. The molecule has 0 bridgehead atoms. The lowest BCUT2D eigenvalue weighted by Crippen LogP contribution is -2.49. The normalized spacial score (nSPS) is 15.8. The van der Waals surface area contributed by atoms with Crippen molar-refractivity contribution in [1.82, 2.24) is 19.4 Å². The van der Waals surface area contributed by atoms with Crippen molar-refractivity contribution in [2.75, 3.05) is 32.7 Å². The molecule has 1 N–H and O–H groups in total. The SMILES string of the molecule is CCN1CCN(C(=O)c2c[nH]c(=O)n2Cc2ccccc2)CC1. The van der Waals surface area contributed by atoms with Crippen molar-refractivity contribution >= 4 is 5.91 Å². The van der Waals surface area contributed by atoms with Crippen LogP contribution < -0.4 is 5.69 Å². The van der Waals surface area contributed by atoms with Gasteiger partial charge in [0, 0.05) is 32.4 Å². The first-order chi connectivity index (χ1) is 11.2. The van der Waals surface area contributed by atoms with Crippen LogP contribution >= 0.6 is 0 Å². The van der Waals surface area contributed by atoms with Gasteiger partial charge in [-0.15, -0.1) is 0 Å². The number of likely N-dealkylation sites (N-methyl/N-ethyl adjacent to an activating group) is 1. The van der Waals surface area contributed by atoms with E-state index in [0.717, 1.165) is 25.2 Å². The first-order valence-electron chi connectivity index (χ1n) is 8.03. The van der Waals surface area contributed by atoms with E-state index in [1.807, 2.05) is 35.2 Å². The molecule has 1 aliphatic heterocycles. The molecule has 2 aromatic rings. The minimum atomic E-state index is -0.246. The Balaban J connectivity index is 1.78. The van der Waals surface area contributed by atoms with Gasteiger partial charge in [0.2, 0.25) is 0 Å². The molecule has 2 heterocycles. The molecule has 3 rings (SSSR count). The number of piperazine rings is 1. The molecule has 0 aliphatic carbocycles. The molecule has 0 unspecified atom stereocenters. The molecule has 23 heavy (non-hydrogen) atoms. The summed E-state index contributed by atoms with van der Waals surface area (Å²) in [6.07, 6.45) is 1.53. The highest BCUT2D eigenvalue weighted by atomic mass is 16.2. The minimum absolute atomic E-state index is 0.0740. The number of aromatic nitrogens is 2. The second-order valence-corrected chi connectivity index (χ2v) is 5.78. The van der Waals surface area contributed by atoms with Gasteiger partial charge in [-0.05, 0) is 12.1 Å². The molecule has 0 saturated carbocycles. The fourth-order valence-electron chi connectivity index (χ4n) is 2.92. The van der Waals surface area contributed by atoms with E-state index in [9.17, 15) is 9.59 Å². The number of H-pyrrole nitrogens is 1. The first-order valence-corrected chi connectivity index (χ1v) is 8.03. The summed E-state index contributed by atoms with van der Waals surface area (Å²) in [7, 11) is 0. The molecule has 0 spiro atoms. The Morgan fingerprint density at radius 3 is 2.48 bits per heavy atom. The van der Waals surface area contributed by atoms with Gasteiger partial charge in [0.25, 0.3) is 5.91 Å². The number of nitrogens with zero attached hydrogens (tertiary/aromatic N) is 3. The van der Waals surface area contributed by atoms with Gasteiger partial charge in [-0.3, -0.25) is 9.36 Å². The van der Waals surface area contributed by atoms with Gasteiger partial charge >= 0.3 is 5.69 Å². The van der Waals surface area contributed by atoms with Gasteiger partial charge < -0.3 is 14.8 Å². The van der Waals surface area contributed by atoms with Crippen LogP contribution in [0, 0.1) is 0 Å². The predicted octanol–water partition coefficient (Wildman–Crippen LogP) is 1.00. The van der Waals surface area contributed by atoms with Crippen molar-refractivity contribution in [2.45, 2.75) is 13.5 Å². The third-order valence-corrected chi connectivity index (χ3v) is 4.38. The van der Waals surface area contributed by atoms with E-state index in [0.29, 0.717) is 25.3 Å². The van der Waals surface area contributed by atoms with E-state index in [1.54, 1.807) is 0 Å². The molecule has 1 aromatic carbocycles. The van der Waals surface area contributed by atoms with Gasteiger partial charge in [-0.25, -0.2) is 4.79 Å². The number of amides is 1. The van der Waals surface area contributed by atoms with Crippen LogP contribution in [0.25, 0.3) is 0 Å². The highest BCUT2D eigenvalue weighted by molar-refractivity contribution is 5.92. The molecule has 1 fully saturated rings. The van der Waals surface area contributed by atoms with Gasteiger partial charge in [0.05, 0.1) is 6.54 Å². The van der Waals surface area contributed by atoms with Gasteiger partial charge in [-0.1, -0.05) is 37.3 Å². The molecule has 1 saturated heterocycles. The molecule has 6 heteroatoms. The summed E-state index contributed by atoms with van der Waals surface area (Å²) in [6.45, 7) is 6.71. The van der Waals surface area contributed by atoms with Crippen LogP contribution in [0.5, 0.6) is 0 Å². The Labute approximate surface area is 135 Å². The minimum Gasteiger partial charge on any atom is -0.335 e. The van der Waals surface area contributed by atoms with Crippen LogP contribution in [0.15, 0.2) is 41.3 Å². The number of benzene rings is 1. The van der Waals surface area contributed by atoms with E-state index >= 15 is 0 Å². The van der Waals surface area contributed by atoms with Gasteiger partial charge in [-0.2, -0.15) is 0 Å². The van der Waals surface area contributed by atoms with Crippen LogP contribution in [0.4, 0.5) is 0 Å². The lowest BCUT2D eigenvalue weighted by molar-refractivity contribution is 0.0633. The summed E-state index contributed by atoms with van der Waals surface area (Å²) < 4.78 is 1.52. The number of rotatable bonds is 4. The zero-order chi connectivity index (χ0) is 16.2. The average molecular weight is 314 g/mol. The summed E-state index contributed by atoms with van der Waals surface area (Å²) >= 11 is 0. The highest BCUT2D eigenvalue weighted by Gasteiger charge is 2.24. The maximum absolute atomic E-state index is 12.7. The molecule has 1 aliphatic rings. The first kappa shape index (κ1) is 15.6. The molecule has 1 amide bonds. The fourth-order valence-corrected chi connectivity index (χ4v) is 2.92. The molecular weight excluding hydrogens is 292 g/mol. The standard InChI is InChI=1S/C17H22N4O2/c1-2-19-8-10-20(11-9-19)16(22)15-12-18-17(23)21(15)13-14-6-4-3-5-7-14/h3-7,12H,2,8-11,13H2,1H3,(H,18,23). The Bertz CT molecular complexity index is 712.